The van der Waals surface area contributed by atoms with Crippen molar-refractivity contribution in [2.75, 3.05) is 11.5 Å². The van der Waals surface area contributed by atoms with Crippen molar-refractivity contribution >= 4 is 36.6 Å². The number of nitrogens with zero attached hydrogens (tertiary/aromatic N) is 2. The molecule has 2 amide bonds. The second-order valence-corrected chi connectivity index (χ2v) is 16.5. The Bertz CT molecular complexity index is 1320. The minimum atomic E-state index is -1.97. The third kappa shape index (κ3) is 3.35. The van der Waals surface area contributed by atoms with Crippen LogP contribution in [0.1, 0.15) is 39.7 Å². The third-order valence-electron chi connectivity index (χ3n) is 8.58. The molecule has 0 radical (unpaired) electrons. The van der Waals surface area contributed by atoms with E-state index < -0.39 is 31.4 Å². The van der Waals surface area contributed by atoms with Crippen molar-refractivity contribution < 1.29 is 18.8 Å². The molecule has 0 N–H and O–H groups in total. The van der Waals surface area contributed by atoms with E-state index in [1.807, 2.05) is 43.3 Å². The molecule has 2 unspecified atom stereocenters. The van der Waals surface area contributed by atoms with Crippen LogP contribution in [0.3, 0.4) is 0 Å². The van der Waals surface area contributed by atoms with Crippen LogP contribution in [0.4, 0.5) is 5.69 Å². The number of imide groups is 1. The molecule has 2 aromatic rings. The van der Waals surface area contributed by atoms with E-state index in [0.717, 1.165) is 10.8 Å². The number of rotatable bonds is 5. The number of anilines is 1. The highest BCUT2D eigenvalue weighted by atomic mass is 28.4. The molecule has 2 aromatic carbocycles. The van der Waals surface area contributed by atoms with Gasteiger partial charge in [0.25, 0.3) is 0 Å². The van der Waals surface area contributed by atoms with Gasteiger partial charge in [0.2, 0.25) is 11.8 Å². The molecule has 6 nitrogen and oxygen atoms in total. The molecule has 2 saturated heterocycles. The zero-order chi connectivity index (χ0) is 25.4. The highest BCUT2D eigenvalue weighted by molar-refractivity contribution is 6.74. The summed E-state index contributed by atoms with van der Waals surface area (Å²) >= 11 is 0. The number of fused-ring (bicyclic) bond motifs is 6. The number of hydrogen-bond donors (Lipinski definition) is 0. The Morgan fingerprint density at radius 2 is 1.71 bits per heavy atom. The Morgan fingerprint density at radius 1 is 1.06 bits per heavy atom. The number of benzene rings is 2. The molecule has 3 heterocycles. The molecule has 182 valence electrons. The molecule has 0 aromatic heterocycles. The lowest BCUT2D eigenvalue weighted by Crippen LogP contribution is -2.44. The Kier molecular flexibility index (Phi) is 5.20. The summed E-state index contributed by atoms with van der Waals surface area (Å²) in [6.45, 7) is 13.4. The number of ether oxygens (including phenoxy) is 1. The minimum Gasteiger partial charge on any atom is -0.417 e. The molecule has 2 fully saturated rings. The number of nitriles is 1. The van der Waals surface area contributed by atoms with Crippen molar-refractivity contribution in [3.05, 3.63) is 54.1 Å². The van der Waals surface area contributed by atoms with Gasteiger partial charge in [0, 0.05) is 23.8 Å². The Hall–Kier alpha value is -2.79. The third-order valence-corrected chi connectivity index (χ3v) is 13.1. The van der Waals surface area contributed by atoms with Crippen LogP contribution in [0.5, 0.6) is 0 Å². The van der Waals surface area contributed by atoms with Crippen molar-refractivity contribution in [1.82, 2.24) is 0 Å². The highest BCUT2D eigenvalue weighted by Gasteiger charge is 2.72. The lowest BCUT2D eigenvalue weighted by atomic mass is 9.71. The normalized spacial score (nSPS) is 29.8. The first-order valence-corrected chi connectivity index (χ1v) is 15.1. The molecule has 3 aliphatic rings. The SMILES string of the molecule is CC12C=CC(CCO[Si](C)(C)C(C)(C)C)(O1)[C@H]1C(=O)N(c3ccc(C#N)c4ccccc34)C(=O)[C@H]12. The summed E-state index contributed by atoms with van der Waals surface area (Å²) in [6.07, 6.45) is 4.45. The zero-order valence-corrected chi connectivity index (χ0v) is 22.2. The van der Waals surface area contributed by atoms with E-state index >= 15 is 0 Å². The Morgan fingerprint density at radius 3 is 2.37 bits per heavy atom. The first-order chi connectivity index (χ1) is 16.4. The fraction of sp³-hybridized carbons (Fsp3) is 0.464. The van der Waals surface area contributed by atoms with Crippen LogP contribution in [-0.4, -0.2) is 37.9 Å². The van der Waals surface area contributed by atoms with Gasteiger partial charge in [-0.25, -0.2) is 4.90 Å². The lowest BCUT2D eigenvalue weighted by molar-refractivity contribution is -0.129. The molecule has 2 bridgehead atoms. The molecule has 5 rings (SSSR count). The van der Waals surface area contributed by atoms with Gasteiger partial charge in [-0.05, 0) is 37.2 Å². The minimum absolute atomic E-state index is 0.0797. The molecular weight excluding hydrogens is 456 g/mol. The molecule has 0 aliphatic carbocycles. The van der Waals surface area contributed by atoms with Crippen LogP contribution in [0.2, 0.25) is 18.1 Å². The van der Waals surface area contributed by atoms with Gasteiger partial charge in [0.05, 0.1) is 34.8 Å². The van der Waals surface area contributed by atoms with E-state index in [-0.39, 0.29) is 16.9 Å². The summed E-state index contributed by atoms with van der Waals surface area (Å²) in [6, 6.07) is 13.0. The second-order valence-electron chi connectivity index (χ2n) is 11.7. The van der Waals surface area contributed by atoms with Crippen molar-refractivity contribution in [2.45, 2.75) is 63.5 Å². The van der Waals surface area contributed by atoms with Crippen molar-refractivity contribution in [1.29, 1.82) is 5.26 Å². The fourth-order valence-electron chi connectivity index (χ4n) is 5.64. The molecular formula is C28H32N2O4Si. The van der Waals surface area contributed by atoms with Crippen LogP contribution in [-0.2, 0) is 18.8 Å². The Balaban J connectivity index is 1.50. The predicted octanol–water partition coefficient (Wildman–Crippen LogP) is 5.33. The summed E-state index contributed by atoms with van der Waals surface area (Å²) in [5, 5.41) is 11.1. The van der Waals surface area contributed by atoms with E-state index in [1.165, 1.54) is 4.90 Å². The van der Waals surface area contributed by atoms with E-state index in [0.29, 0.717) is 24.3 Å². The quantitative estimate of drug-likeness (QED) is 0.323. The average molecular weight is 489 g/mol. The largest absolute Gasteiger partial charge is 0.417 e. The van der Waals surface area contributed by atoms with Gasteiger partial charge in [0.15, 0.2) is 8.32 Å². The number of carbonyl (C=O) groups is 2. The molecule has 4 atom stereocenters. The van der Waals surface area contributed by atoms with E-state index in [1.54, 1.807) is 12.1 Å². The molecule has 35 heavy (non-hydrogen) atoms. The average Bonchev–Trinajstić information content (AvgIpc) is 3.37. The van der Waals surface area contributed by atoms with Crippen LogP contribution in [0.25, 0.3) is 10.8 Å². The first kappa shape index (κ1) is 23.9. The zero-order valence-electron chi connectivity index (χ0n) is 21.2. The van der Waals surface area contributed by atoms with Crippen molar-refractivity contribution in [2.24, 2.45) is 11.8 Å². The van der Waals surface area contributed by atoms with Crippen molar-refractivity contribution in [3.8, 4) is 6.07 Å². The van der Waals surface area contributed by atoms with Crippen molar-refractivity contribution in [3.63, 3.8) is 0 Å². The summed E-state index contributed by atoms with van der Waals surface area (Å²) in [5.74, 6) is -1.66. The summed E-state index contributed by atoms with van der Waals surface area (Å²) in [7, 11) is -1.97. The van der Waals surface area contributed by atoms with Crippen LogP contribution < -0.4 is 4.90 Å². The Labute approximate surface area is 207 Å². The van der Waals surface area contributed by atoms with E-state index in [9.17, 15) is 14.9 Å². The second kappa shape index (κ2) is 7.60. The maximum absolute atomic E-state index is 13.9. The van der Waals surface area contributed by atoms with Gasteiger partial charge in [0.1, 0.15) is 5.60 Å². The van der Waals surface area contributed by atoms with Gasteiger partial charge in [-0.15, -0.1) is 0 Å². The summed E-state index contributed by atoms with van der Waals surface area (Å²) in [5.41, 5.74) is -0.642. The van der Waals surface area contributed by atoms with Gasteiger partial charge in [-0.3, -0.25) is 9.59 Å². The first-order valence-electron chi connectivity index (χ1n) is 12.2. The summed E-state index contributed by atoms with van der Waals surface area (Å²) in [4.78, 5) is 29.1. The standard InChI is InChI=1S/C28H32N2O4Si/c1-26(2,3)35(5,6)33-16-15-28-14-13-27(4,34-28)22-23(28)25(32)30(24(22)31)21-12-11-18(17-29)19-9-7-8-10-20(19)21/h7-14,22-23H,15-16H2,1-6H3/t22-,23+,27?,28?/m0/s1. The topological polar surface area (TPSA) is 79.6 Å². The van der Waals surface area contributed by atoms with Gasteiger partial charge < -0.3 is 9.16 Å². The van der Waals surface area contributed by atoms with Gasteiger partial charge in [-0.1, -0.05) is 57.2 Å². The van der Waals surface area contributed by atoms with E-state index in [4.69, 9.17) is 9.16 Å². The number of carbonyl (C=O) groups excluding carboxylic acids is 2. The molecule has 7 heteroatoms. The smallest absolute Gasteiger partial charge is 0.241 e. The molecule has 0 saturated carbocycles. The number of amides is 2. The number of hydrogen-bond acceptors (Lipinski definition) is 5. The monoisotopic (exact) mass is 488 g/mol. The lowest BCUT2D eigenvalue weighted by Gasteiger charge is -2.37. The highest BCUT2D eigenvalue weighted by Crippen LogP contribution is 2.59. The van der Waals surface area contributed by atoms with Crippen LogP contribution in [0.15, 0.2) is 48.6 Å². The van der Waals surface area contributed by atoms with Crippen LogP contribution >= 0.6 is 0 Å². The van der Waals surface area contributed by atoms with Crippen LogP contribution in [0, 0.1) is 23.2 Å². The van der Waals surface area contributed by atoms with E-state index in [2.05, 4.69) is 39.9 Å². The maximum atomic E-state index is 13.9. The van der Waals surface area contributed by atoms with Gasteiger partial charge in [-0.2, -0.15) is 5.26 Å². The molecule has 0 spiro atoms. The van der Waals surface area contributed by atoms with Gasteiger partial charge >= 0.3 is 0 Å². The fourth-order valence-corrected chi connectivity index (χ4v) is 6.69. The maximum Gasteiger partial charge on any atom is 0.241 e. The summed E-state index contributed by atoms with van der Waals surface area (Å²) < 4.78 is 12.9. The molecule has 3 aliphatic heterocycles. The predicted molar refractivity (Wildman–Crippen MR) is 137 cm³/mol.